The number of rotatable bonds is 4. The minimum atomic E-state index is -0.517. The van der Waals surface area contributed by atoms with E-state index in [1.165, 1.54) is 18.4 Å². The highest BCUT2D eigenvalue weighted by molar-refractivity contribution is 5.59. The first kappa shape index (κ1) is 10.9. The maximum atomic E-state index is 10.8. The molecule has 2 aromatic rings. The molecule has 2 aromatic heterocycles. The monoisotopic (exact) mass is 234 g/mol. The molecule has 0 unspecified atom stereocenters. The minimum Gasteiger partial charge on any atom is -0.467 e. The molecule has 0 aliphatic carbocycles. The van der Waals surface area contributed by atoms with E-state index < -0.39 is 4.92 Å². The number of nitrogens with one attached hydrogen (secondary N) is 1. The highest BCUT2D eigenvalue weighted by Crippen LogP contribution is 2.23. The third-order valence-electron chi connectivity index (χ3n) is 2.10. The van der Waals surface area contributed by atoms with Gasteiger partial charge in [-0.15, -0.1) is 0 Å². The van der Waals surface area contributed by atoms with Crippen molar-refractivity contribution in [3.05, 3.63) is 46.4 Å². The number of hydrogen-bond acceptors (Lipinski definition) is 6. The fraction of sp³-hybridized carbons (Fsp3) is 0.100. The number of anilines is 2. The fourth-order valence-electron chi connectivity index (χ4n) is 1.33. The minimum absolute atomic E-state index is 0.120. The van der Waals surface area contributed by atoms with Gasteiger partial charge in [-0.2, -0.15) is 0 Å². The zero-order valence-electron chi connectivity index (χ0n) is 8.79. The van der Waals surface area contributed by atoms with Gasteiger partial charge in [-0.25, -0.2) is 4.98 Å². The SMILES string of the molecule is Nc1ccc([N+](=O)[O-])c(NCc2ccco2)n1. The average molecular weight is 234 g/mol. The molecule has 0 aromatic carbocycles. The first-order valence-electron chi connectivity index (χ1n) is 4.84. The number of pyridine rings is 1. The van der Waals surface area contributed by atoms with Crippen LogP contribution in [0.1, 0.15) is 5.76 Å². The van der Waals surface area contributed by atoms with Crippen molar-refractivity contribution in [2.24, 2.45) is 0 Å². The van der Waals surface area contributed by atoms with Crippen LogP contribution in [0.3, 0.4) is 0 Å². The van der Waals surface area contributed by atoms with Gasteiger partial charge in [0.2, 0.25) is 5.82 Å². The van der Waals surface area contributed by atoms with E-state index in [9.17, 15) is 10.1 Å². The van der Waals surface area contributed by atoms with Gasteiger partial charge in [0.05, 0.1) is 17.7 Å². The summed E-state index contributed by atoms with van der Waals surface area (Å²) in [6, 6.07) is 6.19. The van der Waals surface area contributed by atoms with Crippen molar-refractivity contribution in [2.75, 3.05) is 11.1 Å². The van der Waals surface area contributed by atoms with E-state index >= 15 is 0 Å². The number of nitro groups is 1. The van der Waals surface area contributed by atoms with Crippen LogP contribution in [0.25, 0.3) is 0 Å². The Morgan fingerprint density at radius 2 is 2.29 bits per heavy atom. The van der Waals surface area contributed by atoms with Crippen LogP contribution < -0.4 is 11.1 Å². The van der Waals surface area contributed by atoms with Gasteiger partial charge < -0.3 is 15.5 Å². The summed E-state index contributed by atoms with van der Waals surface area (Å²) in [4.78, 5) is 14.1. The number of nitrogens with zero attached hydrogens (tertiary/aromatic N) is 2. The lowest BCUT2D eigenvalue weighted by Gasteiger charge is -2.04. The van der Waals surface area contributed by atoms with Crippen molar-refractivity contribution in [3.63, 3.8) is 0 Å². The van der Waals surface area contributed by atoms with E-state index in [4.69, 9.17) is 10.2 Å². The molecule has 0 radical (unpaired) electrons. The zero-order valence-corrected chi connectivity index (χ0v) is 8.79. The van der Waals surface area contributed by atoms with Crippen LogP contribution in [0.4, 0.5) is 17.3 Å². The van der Waals surface area contributed by atoms with Crippen molar-refractivity contribution >= 4 is 17.3 Å². The van der Waals surface area contributed by atoms with Gasteiger partial charge in [-0.1, -0.05) is 0 Å². The van der Waals surface area contributed by atoms with Crippen molar-refractivity contribution < 1.29 is 9.34 Å². The van der Waals surface area contributed by atoms with Gasteiger partial charge in [0.15, 0.2) is 0 Å². The van der Waals surface area contributed by atoms with E-state index in [0.717, 1.165) is 0 Å². The Labute approximate surface area is 96.4 Å². The second kappa shape index (κ2) is 4.52. The van der Waals surface area contributed by atoms with Crippen molar-refractivity contribution in [1.29, 1.82) is 0 Å². The number of nitrogen functional groups attached to an aromatic ring is 1. The quantitative estimate of drug-likeness (QED) is 0.616. The van der Waals surface area contributed by atoms with Gasteiger partial charge in [-0.3, -0.25) is 10.1 Å². The molecule has 0 spiro atoms. The molecule has 88 valence electrons. The maximum Gasteiger partial charge on any atom is 0.311 e. The second-order valence-electron chi connectivity index (χ2n) is 3.29. The number of furan rings is 1. The average Bonchev–Trinajstić information content (AvgIpc) is 2.78. The second-order valence-corrected chi connectivity index (χ2v) is 3.29. The fourth-order valence-corrected chi connectivity index (χ4v) is 1.33. The Morgan fingerprint density at radius 1 is 1.47 bits per heavy atom. The van der Waals surface area contributed by atoms with Crippen LogP contribution in [-0.4, -0.2) is 9.91 Å². The van der Waals surface area contributed by atoms with Gasteiger partial charge in [0, 0.05) is 6.07 Å². The Hall–Kier alpha value is -2.57. The van der Waals surface area contributed by atoms with E-state index in [1.54, 1.807) is 12.1 Å². The molecule has 0 saturated carbocycles. The summed E-state index contributed by atoms with van der Waals surface area (Å²) in [6.45, 7) is 0.310. The highest BCUT2D eigenvalue weighted by atomic mass is 16.6. The van der Waals surface area contributed by atoms with Gasteiger partial charge in [-0.05, 0) is 18.2 Å². The number of aromatic nitrogens is 1. The molecule has 2 heterocycles. The summed E-state index contributed by atoms with van der Waals surface area (Å²) in [7, 11) is 0. The van der Waals surface area contributed by atoms with Gasteiger partial charge in [0.1, 0.15) is 11.6 Å². The third kappa shape index (κ3) is 2.51. The van der Waals surface area contributed by atoms with Gasteiger partial charge >= 0.3 is 5.69 Å². The molecular formula is C10H10N4O3. The van der Waals surface area contributed by atoms with E-state index in [1.807, 2.05) is 0 Å². The molecule has 0 amide bonds. The molecule has 3 N–H and O–H groups in total. The van der Waals surface area contributed by atoms with E-state index in [2.05, 4.69) is 10.3 Å². The molecule has 0 aliphatic heterocycles. The summed E-state index contributed by atoms with van der Waals surface area (Å²) in [5, 5.41) is 13.6. The van der Waals surface area contributed by atoms with Crippen LogP contribution in [0, 0.1) is 10.1 Å². The van der Waals surface area contributed by atoms with Crippen molar-refractivity contribution in [2.45, 2.75) is 6.54 Å². The summed E-state index contributed by atoms with van der Waals surface area (Å²) < 4.78 is 5.09. The number of nitrogens with two attached hydrogens (primary N) is 1. The Balaban J connectivity index is 2.19. The Bertz CT molecular complexity index is 524. The molecule has 0 saturated heterocycles. The van der Waals surface area contributed by atoms with Gasteiger partial charge in [0.25, 0.3) is 0 Å². The Kier molecular flexibility index (Phi) is 2.91. The van der Waals surface area contributed by atoms with Crippen LogP contribution in [0.5, 0.6) is 0 Å². The van der Waals surface area contributed by atoms with E-state index in [-0.39, 0.29) is 17.3 Å². The maximum absolute atomic E-state index is 10.8. The predicted octanol–water partition coefficient (Wildman–Crippen LogP) is 1.78. The lowest BCUT2D eigenvalue weighted by molar-refractivity contribution is -0.384. The molecule has 7 nitrogen and oxygen atoms in total. The van der Waals surface area contributed by atoms with Crippen LogP contribution in [0.15, 0.2) is 34.9 Å². The topological polar surface area (TPSA) is 107 Å². The Morgan fingerprint density at radius 3 is 2.94 bits per heavy atom. The van der Waals surface area contributed by atoms with Crippen molar-refractivity contribution in [3.8, 4) is 0 Å². The summed E-state index contributed by atoms with van der Waals surface area (Å²) in [5.74, 6) is 1.01. The predicted molar refractivity (Wildman–Crippen MR) is 61.3 cm³/mol. The molecule has 17 heavy (non-hydrogen) atoms. The summed E-state index contributed by atoms with van der Waals surface area (Å²) in [6.07, 6.45) is 1.53. The molecule has 2 rings (SSSR count). The molecule has 0 aliphatic rings. The molecular weight excluding hydrogens is 224 g/mol. The number of hydrogen-bond donors (Lipinski definition) is 2. The highest BCUT2D eigenvalue weighted by Gasteiger charge is 2.15. The normalized spacial score (nSPS) is 10.1. The lowest BCUT2D eigenvalue weighted by Crippen LogP contribution is -2.05. The third-order valence-corrected chi connectivity index (χ3v) is 2.10. The van der Waals surface area contributed by atoms with Crippen LogP contribution in [0.2, 0.25) is 0 Å². The van der Waals surface area contributed by atoms with Crippen molar-refractivity contribution in [1.82, 2.24) is 4.98 Å². The molecule has 0 bridgehead atoms. The first-order valence-corrected chi connectivity index (χ1v) is 4.84. The lowest BCUT2D eigenvalue weighted by atomic mass is 10.3. The molecule has 0 atom stereocenters. The molecule has 7 heteroatoms. The smallest absolute Gasteiger partial charge is 0.311 e. The standard InChI is InChI=1S/C10H10N4O3/c11-9-4-3-8(14(15)16)10(13-9)12-6-7-2-1-5-17-7/h1-5H,6H2,(H3,11,12,13). The summed E-state index contributed by atoms with van der Waals surface area (Å²) in [5.41, 5.74) is 5.36. The van der Waals surface area contributed by atoms with Crippen LogP contribution >= 0.6 is 0 Å². The molecule has 0 fully saturated rings. The van der Waals surface area contributed by atoms with E-state index in [0.29, 0.717) is 12.3 Å². The largest absolute Gasteiger partial charge is 0.467 e. The summed E-state index contributed by atoms with van der Waals surface area (Å²) >= 11 is 0. The first-order chi connectivity index (χ1) is 8.16. The van der Waals surface area contributed by atoms with Crippen LogP contribution in [-0.2, 0) is 6.54 Å². The zero-order chi connectivity index (χ0) is 12.3.